The summed E-state index contributed by atoms with van der Waals surface area (Å²) in [5.41, 5.74) is 0.996. The zero-order chi connectivity index (χ0) is 14.1. The van der Waals surface area contributed by atoms with Crippen LogP contribution in [0.15, 0.2) is 30.3 Å². The van der Waals surface area contributed by atoms with Gasteiger partial charge in [0.15, 0.2) is 0 Å². The van der Waals surface area contributed by atoms with Crippen molar-refractivity contribution in [2.45, 2.75) is 18.0 Å². The highest BCUT2D eigenvalue weighted by Gasteiger charge is 2.18. The molecule has 0 fully saturated rings. The Bertz CT molecular complexity index is 370. The lowest BCUT2D eigenvalue weighted by Crippen LogP contribution is -2.44. The Balaban J connectivity index is 2.27. The number of nitrogens with one attached hydrogen (secondary N) is 1. The summed E-state index contributed by atoms with van der Waals surface area (Å²) in [5.74, 6) is -0.470. The Hall–Kier alpha value is -1.14. The Morgan fingerprint density at radius 1 is 1.26 bits per heavy atom. The lowest BCUT2D eigenvalue weighted by Gasteiger charge is -2.16. The second kappa shape index (κ2) is 8.87. The lowest BCUT2D eigenvalue weighted by atomic mass is 10.2. The molecule has 0 bridgehead atoms. The van der Waals surface area contributed by atoms with Crippen LogP contribution < -0.4 is 5.32 Å². The van der Waals surface area contributed by atoms with Crippen LogP contribution in [-0.2, 0) is 16.1 Å². The molecule has 1 amide bonds. The van der Waals surface area contributed by atoms with Crippen molar-refractivity contribution in [2.24, 2.45) is 0 Å². The van der Waals surface area contributed by atoms with E-state index in [0.29, 0.717) is 6.61 Å². The molecule has 1 unspecified atom stereocenters. The van der Waals surface area contributed by atoms with Gasteiger partial charge in [-0.25, -0.2) is 0 Å². The predicted octanol–water partition coefficient (Wildman–Crippen LogP) is 0.280. The van der Waals surface area contributed by atoms with Gasteiger partial charge in [0.2, 0.25) is 5.91 Å². The molecule has 0 saturated heterocycles. The largest absolute Gasteiger partial charge is 0.394 e. The number of carbonyl (C=O) groups is 1. The van der Waals surface area contributed by atoms with Crippen LogP contribution >= 0.6 is 11.6 Å². The molecule has 0 aliphatic heterocycles. The van der Waals surface area contributed by atoms with E-state index < -0.39 is 17.3 Å². The van der Waals surface area contributed by atoms with E-state index in [2.05, 4.69) is 5.32 Å². The fourth-order valence-electron chi connectivity index (χ4n) is 1.37. The minimum atomic E-state index is -0.857. The summed E-state index contributed by atoms with van der Waals surface area (Å²) in [6.07, 6.45) is 0. The van der Waals surface area contributed by atoms with Crippen molar-refractivity contribution in [1.82, 2.24) is 5.32 Å². The van der Waals surface area contributed by atoms with Crippen molar-refractivity contribution in [3.05, 3.63) is 35.9 Å². The molecule has 1 rings (SSSR count). The van der Waals surface area contributed by atoms with Gasteiger partial charge in [0.25, 0.3) is 0 Å². The molecule has 0 radical (unpaired) electrons. The summed E-state index contributed by atoms with van der Waals surface area (Å²) in [4.78, 5) is 11.6. The summed E-state index contributed by atoms with van der Waals surface area (Å²) in [6, 6.07) is 8.84. The first-order chi connectivity index (χ1) is 9.17. The number of carbonyl (C=O) groups excluding carboxylic acids is 1. The van der Waals surface area contributed by atoms with Gasteiger partial charge < -0.3 is 20.3 Å². The van der Waals surface area contributed by atoms with Gasteiger partial charge in [0.1, 0.15) is 5.38 Å². The molecule has 0 saturated carbocycles. The minimum absolute atomic E-state index is 0.0614. The molecule has 1 aromatic rings. The number of hydrogen-bond donors (Lipinski definition) is 3. The van der Waals surface area contributed by atoms with E-state index in [0.717, 1.165) is 5.56 Å². The average Bonchev–Trinajstić information content (AvgIpc) is 2.45. The fraction of sp³-hybridized carbons (Fsp3) is 0.462. The third kappa shape index (κ3) is 6.02. The van der Waals surface area contributed by atoms with E-state index >= 15 is 0 Å². The summed E-state index contributed by atoms with van der Waals surface area (Å²) in [6.45, 7) is -0.236. The maximum absolute atomic E-state index is 11.6. The highest BCUT2D eigenvalue weighted by Crippen LogP contribution is 2.04. The molecule has 0 aliphatic carbocycles. The van der Waals surface area contributed by atoms with E-state index in [-0.39, 0.29) is 19.8 Å². The zero-order valence-corrected chi connectivity index (χ0v) is 11.2. The molecule has 6 heteroatoms. The SMILES string of the molecule is O=C(NC(CO)CO)C(Cl)COCc1ccccc1. The van der Waals surface area contributed by atoms with Gasteiger partial charge in [-0.15, -0.1) is 11.6 Å². The Morgan fingerprint density at radius 2 is 1.89 bits per heavy atom. The summed E-state index contributed by atoms with van der Waals surface area (Å²) in [5, 5.41) is 19.2. The van der Waals surface area contributed by atoms with Crippen molar-refractivity contribution in [3.63, 3.8) is 0 Å². The van der Waals surface area contributed by atoms with Gasteiger partial charge in [-0.1, -0.05) is 30.3 Å². The molecule has 0 spiro atoms. The number of ether oxygens (including phenoxy) is 1. The number of rotatable bonds is 8. The normalized spacial score (nSPS) is 12.4. The molecule has 0 aliphatic rings. The third-order valence-electron chi connectivity index (χ3n) is 2.45. The summed E-state index contributed by atoms with van der Waals surface area (Å²) >= 11 is 5.86. The minimum Gasteiger partial charge on any atom is -0.394 e. The molecule has 5 nitrogen and oxygen atoms in total. The Labute approximate surface area is 117 Å². The first kappa shape index (κ1) is 15.9. The van der Waals surface area contributed by atoms with Crippen molar-refractivity contribution in [1.29, 1.82) is 0 Å². The Kier molecular flexibility index (Phi) is 7.43. The molecular formula is C13H18ClNO4. The maximum Gasteiger partial charge on any atom is 0.240 e. The number of benzene rings is 1. The summed E-state index contributed by atoms with van der Waals surface area (Å²) < 4.78 is 5.33. The third-order valence-corrected chi connectivity index (χ3v) is 2.77. The number of aliphatic hydroxyl groups excluding tert-OH is 2. The molecule has 0 aromatic heterocycles. The topological polar surface area (TPSA) is 78.8 Å². The number of hydrogen-bond acceptors (Lipinski definition) is 4. The van der Waals surface area contributed by atoms with Crippen molar-refractivity contribution >= 4 is 17.5 Å². The first-order valence-electron chi connectivity index (χ1n) is 5.95. The Morgan fingerprint density at radius 3 is 2.47 bits per heavy atom. The van der Waals surface area contributed by atoms with E-state index in [1.54, 1.807) is 0 Å². The summed E-state index contributed by atoms with van der Waals surface area (Å²) in [7, 11) is 0. The number of amides is 1. The average molecular weight is 288 g/mol. The monoisotopic (exact) mass is 287 g/mol. The quantitative estimate of drug-likeness (QED) is 0.600. The highest BCUT2D eigenvalue weighted by atomic mass is 35.5. The van der Waals surface area contributed by atoms with Crippen LogP contribution in [0.5, 0.6) is 0 Å². The van der Waals surface area contributed by atoms with Crippen LogP contribution in [0.4, 0.5) is 0 Å². The molecule has 19 heavy (non-hydrogen) atoms. The van der Waals surface area contributed by atoms with Gasteiger partial charge in [-0.3, -0.25) is 4.79 Å². The van der Waals surface area contributed by atoms with Gasteiger partial charge in [0.05, 0.1) is 32.5 Å². The van der Waals surface area contributed by atoms with Crippen LogP contribution in [0.3, 0.4) is 0 Å². The van der Waals surface area contributed by atoms with Crippen molar-refractivity contribution in [3.8, 4) is 0 Å². The smallest absolute Gasteiger partial charge is 0.240 e. The van der Waals surface area contributed by atoms with Crippen LogP contribution in [0.25, 0.3) is 0 Å². The number of alkyl halides is 1. The fourth-order valence-corrected chi connectivity index (χ4v) is 1.52. The molecule has 1 aromatic carbocycles. The molecule has 1 atom stereocenters. The lowest BCUT2D eigenvalue weighted by molar-refractivity contribution is -0.123. The standard InChI is InChI=1S/C13H18ClNO4/c14-12(13(18)15-11(6-16)7-17)9-19-8-10-4-2-1-3-5-10/h1-5,11-12,16-17H,6-9H2,(H,15,18). The second-order valence-corrected chi connectivity index (χ2v) is 4.57. The first-order valence-corrected chi connectivity index (χ1v) is 6.38. The van der Waals surface area contributed by atoms with Gasteiger partial charge in [0, 0.05) is 0 Å². The molecule has 3 N–H and O–H groups in total. The van der Waals surface area contributed by atoms with Crippen molar-refractivity contribution in [2.75, 3.05) is 19.8 Å². The van der Waals surface area contributed by atoms with Gasteiger partial charge in [-0.2, -0.15) is 0 Å². The van der Waals surface area contributed by atoms with Crippen LogP contribution in [0, 0.1) is 0 Å². The van der Waals surface area contributed by atoms with Gasteiger partial charge >= 0.3 is 0 Å². The van der Waals surface area contributed by atoms with Crippen LogP contribution in [0.1, 0.15) is 5.56 Å². The van der Waals surface area contributed by atoms with Crippen LogP contribution in [-0.4, -0.2) is 47.4 Å². The number of halogens is 1. The molecule has 0 heterocycles. The van der Waals surface area contributed by atoms with E-state index in [1.807, 2.05) is 30.3 Å². The molecule has 106 valence electrons. The number of aliphatic hydroxyl groups is 2. The van der Waals surface area contributed by atoms with Crippen LogP contribution in [0.2, 0.25) is 0 Å². The van der Waals surface area contributed by atoms with Gasteiger partial charge in [-0.05, 0) is 5.56 Å². The highest BCUT2D eigenvalue weighted by molar-refractivity contribution is 6.30. The second-order valence-electron chi connectivity index (χ2n) is 4.04. The maximum atomic E-state index is 11.6. The molecular weight excluding hydrogens is 270 g/mol. The van der Waals surface area contributed by atoms with E-state index in [9.17, 15) is 4.79 Å². The zero-order valence-electron chi connectivity index (χ0n) is 10.5. The van der Waals surface area contributed by atoms with E-state index in [1.165, 1.54) is 0 Å². The van der Waals surface area contributed by atoms with Crippen molar-refractivity contribution < 1.29 is 19.7 Å². The predicted molar refractivity (Wildman–Crippen MR) is 71.8 cm³/mol. The van der Waals surface area contributed by atoms with E-state index in [4.69, 9.17) is 26.6 Å².